The number of benzene rings is 1. The zero-order valence-electron chi connectivity index (χ0n) is 8.03. The van der Waals surface area contributed by atoms with Crippen molar-refractivity contribution in [3.8, 4) is 0 Å². The van der Waals surface area contributed by atoms with Gasteiger partial charge in [0.05, 0.1) is 16.1 Å². The summed E-state index contributed by atoms with van der Waals surface area (Å²) in [5, 5.41) is 0.937. The van der Waals surface area contributed by atoms with Crippen molar-refractivity contribution in [2.45, 2.75) is 0 Å². The third-order valence-corrected chi connectivity index (χ3v) is 2.80. The molecule has 4 heteroatoms. The molecule has 2 aromatic rings. The maximum Gasteiger partial charge on any atom is 0.262 e. The third kappa shape index (κ3) is 1.36. The zero-order chi connectivity index (χ0) is 11.0. The van der Waals surface area contributed by atoms with E-state index in [1.807, 2.05) is 12.1 Å². The first-order valence-corrected chi connectivity index (χ1v) is 4.77. The minimum Gasteiger partial charge on any atom is -0.311 e. The Bertz CT molecular complexity index is 601. The molecule has 0 aliphatic carbocycles. The van der Waals surface area contributed by atoms with Gasteiger partial charge in [0.1, 0.15) is 0 Å². The number of fused-ring (bicyclic) bond motifs is 1. The molecule has 76 valence electrons. The summed E-state index contributed by atoms with van der Waals surface area (Å²) in [6, 6.07) is 7.20. The molecular weight excluding hydrogens is 214 g/mol. The summed E-state index contributed by atoms with van der Waals surface area (Å²) in [6.45, 7) is 0. The maximum absolute atomic E-state index is 11.7. The van der Waals surface area contributed by atoms with E-state index in [0.717, 1.165) is 5.52 Å². The first-order valence-electron chi connectivity index (χ1n) is 4.39. The van der Waals surface area contributed by atoms with E-state index in [1.54, 1.807) is 19.2 Å². The fourth-order valence-electron chi connectivity index (χ4n) is 1.58. The number of para-hydroxylation sites is 1. The Morgan fingerprint density at radius 3 is 2.67 bits per heavy atom. The molecule has 0 spiro atoms. The van der Waals surface area contributed by atoms with E-state index in [0.29, 0.717) is 11.7 Å². The van der Waals surface area contributed by atoms with Crippen molar-refractivity contribution in [2.75, 3.05) is 0 Å². The first-order chi connectivity index (χ1) is 7.16. The lowest BCUT2D eigenvalue weighted by Gasteiger charge is -2.07. The molecule has 1 aromatic carbocycles. The standard InChI is InChI=1S/C11H8ClNO2/c1-13-9-5-3-2-4-7(9)10(12)8(6-14)11(13)15/h2-6H,1H3. The van der Waals surface area contributed by atoms with Crippen LogP contribution >= 0.6 is 11.6 Å². The zero-order valence-corrected chi connectivity index (χ0v) is 8.78. The van der Waals surface area contributed by atoms with Crippen LogP contribution in [0, 0.1) is 0 Å². The summed E-state index contributed by atoms with van der Waals surface area (Å²) in [4.78, 5) is 22.4. The monoisotopic (exact) mass is 221 g/mol. The van der Waals surface area contributed by atoms with Crippen LogP contribution in [0.3, 0.4) is 0 Å². The van der Waals surface area contributed by atoms with Crippen molar-refractivity contribution in [3.05, 3.63) is 45.2 Å². The van der Waals surface area contributed by atoms with E-state index < -0.39 is 0 Å². The quantitative estimate of drug-likeness (QED) is 0.691. The summed E-state index contributed by atoms with van der Waals surface area (Å²) in [5.74, 6) is 0. The summed E-state index contributed by atoms with van der Waals surface area (Å²) >= 11 is 5.97. The Kier molecular flexibility index (Phi) is 2.32. The molecule has 2 rings (SSSR count). The first kappa shape index (κ1) is 9.93. The molecule has 0 atom stereocenters. The maximum atomic E-state index is 11.7. The highest BCUT2D eigenvalue weighted by atomic mass is 35.5. The molecule has 0 amide bonds. The predicted molar refractivity (Wildman–Crippen MR) is 59.6 cm³/mol. The Morgan fingerprint density at radius 1 is 1.33 bits per heavy atom. The van der Waals surface area contributed by atoms with Crippen LogP contribution in [0.1, 0.15) is 10.4 Å². The third-order valence-electron chi connectivity index (χ3n) is 2.39. The average Bonchev–Trinajstić information content (AvgIpc) is 2.27. The molecule has 1 aromatic heterocycles. The van der Waals surface area contributed by atoms with Crippen molar-refractivity contribution in [3.63, 3.8) is 0 Å². The lowest BCUT2D eigenvalue weighted by molar-refractivity contribution is 0.112. The number of rotatable bonds is 1. The minimum absolute atomic E-state index is 0.0119. The number of hydrogen-bond donors (Lipinski definition) is 0. The fourth-order valence-corrected chi connectivity index (χ4v) is 1.87. The van der Waals surface area contributed by atoms with Gasteiger partial charge in [0.25, 0.3) is 5.56 Å². The topological polar surface area (TPSA) is 39.1 Å². The van der Waals surface area contributed by atoms with Crippen molar-refractivity contribution >= 4 is 28.8 Å². The van der Waals surface area contributed by atoms with Crippen LogP contribution in [-0.4, -0.2) is 10.9 Å². The lowest BCUT2D eigenvalue weighted by Crippen LogP contribution is -2.21. The molecule has 0 N–H and O–H groups in total. The van der Waals surface area contributed by atoms with Gasteiger partial charge >= 0.3 is 0 Å². The molecule has 15 heavy (non-hydrogen) atoms. The normalized spacial score (nSPS) is 10.5. The summed E-state index contributed by atoms with van der Waals surface area (Å²) in [6.07, 6.45) is 0.497. The van der Waals surface area contributed by atoms with Gasteiger partial charge in [-0.3, -0.25) is 9.59 Å². The Labute approximate surface area is 90.9 Å². The van der Waals surface area contributed by atoms with Crippen LogP contribution in [0.2, 0.25) is 5.02 Å². The summed E-state index contributed by atoms with van der Waals surface area (Å²) < 4.78 is 1.42. The van der Waals surface area contributed by atoms with Gasteiger partial charge in [-0.15, -0.1) is 0 Å². The molecule has 0 aliphatic rings. The average molecular weight is 222 g/mol. The van der Waals surface area contributed by atoms with Gasteiger partial charge in [-0.05, 0) is 6.07 Å². The highest BCUT2D eigenvalue weighted by Gasteiger charge is 2.11. The smallest absolute Gasteiger partial charge is 0.262 e. The molecule has 3 nitrogen and oxygen atoms in total. The molecule has 0 saturated heterocycles. The van der Waals surface area contributed by atoms with Crippen LogP contribution in [0.5, 0.6) is 0 Å². The number of nitrogens with zero attached hydrogens (tertiary/aromatic N) is 1. The van der Waals surface area contributed by atoms with Gasteiger partial charge < -0.3 is 4.57 Å². The minimum atomic E-state index is -0.367. The van der Waals surface area contributed by atoms with Gasteiger partial charge in [-0.25, -0.2) is 0 Å². The van der Waals surface area contributed by atoms with Crippen molar-refractivity contribution in [2.24, 2.45) is 7.05 Å². The van der Waals surface area contributed by atoms with E-state index in [4.69, 9.17) is 11.6 Å². The Morgan fingerprint density at radius 2 is 2.00 bits per heavy atom. The van der Waals surface area contributed by atoms with E-state index in [9.17, 15) is 9.59 Å². The number of pyridine rings is 1. The van der Waals surface area contributed by atoms with E-state index in [1.165, 1.54) is 4.57 Å². The second kappa shape index (κ2) is 3.51. The van der Waals surface area contributed by atoms with Crippen LogP contribution in [-0.2, 0) is 7.05 Å². The van der Waals surface area contributed by atoms with Crippen LogP contribution in [0.4, 0.5) is 0 Å². The number of aldehydes is 1. The molecule has 1 heterocycles. The van der Waals surface area contributed by atoms with Crippen molar-refractivity contribution < 1.29 is 4.79 Å². The number of hydrogen-bond acceptors (Lipinski definition) is 2. The second-order valence-electron chi connectivity index (χ2n) is 3.23. The Balaban J connectivity index is 3.09. The van der Waals surface area contributed by atoms with E-state index in [-0.39, 0.29) is 16.1 Å². The van der Waals surface area contributed by atoms with E-state index >= 15 is 0 Å². The molecule has 0 fully saturated rings. The molecule has 0 saturated carbocycles. The van der Waals surface area contributed by atoms with Crippen molar-refractivity contribution in [1.29, 1.82) is 0 Å². The molecule has 0 radical (unpaired) electrons. The number of carbonyl (C=O) groups is 1. The largest absolute Gasteiger partial charge is 0.311 e. The van der Waals surface area contributed by atoms with Crippen LogP contribution in [0.15, 0.2) is 29.1 Å². The lowest BCUT2D eigenvalue weighted by atomic mass is 10.1. The number of carbonyl (C=O) groups excluding carboxylic acids is 1. The summed E-state index contributed by atoms with van der Waals surface area (Å²) in [5.41, 5.74) is 0.365. The fraction of sp³-hybridized carbons (Fsp3) is 0.0909. The van der Waals surface area contributed by atoms with Crippen LogP contribution in [0.25, 0.3) is 10.9 Å². The number of halogens is 1. The molecular formula is C11H8ClNO2. The number of aromatic nitrogens is 1. The van der Waals surface area contributed by atoms with Gasteiger partial charge in [0, 0.05) is 12.4 Å². The second-order valence-corrected chi connectivity index (χ2v) is 3.60. The van der Waals surface area contributed by atoms with Gasteiger partial charge in [0.2, 0.25) is 0 Å². The molecule has 0 aliphatic heterocycles. The highest BCUT2D eigenvalue weighted by Crippen LogP contribution is 2.23. The van der Waals surface area contributed by atoms with Gasteiger partial charge in [0.15, 0.2) is 6.29 Å². The van der Waals surface area contributed by atoms with Gasteiger partial charge in [-0.1, -0.05) is 29.8 Å². The molecule has 0 unspecified atom stereocenters. The highest BCUT2D eigenvalue weighted by molar-refractivity contribution is 6.37. The van der Waals surface area contributed by atoms with Gasteiger partial charge in [-0.2, -0.15) is 0 Å². The van der Waals surface area contributed by atoms with Crippen molar-refractivity contribution in [1.82, 2.24) is 4.57 Å². The van der Waals surface area contributed by atoms with E-state index in [2.05, 4.69) is 0 Å². The van der Waals surface area contributed by atoms with Crippen LogP contribution < -0.4 is 5.56 Å². The predicted octanol–water partition coefficient (Wildman–Crippen LogP) is 2.00. The summed E-state index contributed by atoms with van der Waals surface area (Å²) in [7, 11) is 1.62. The SMILES string of the molecule is Cn1c(=O)c(C=O)c(Cl)c2ccccc21. The molecule has 0 bridgehead atoms. The Hall–Kier alpha value is -1.61. The number of aryl methyl sites for hydroxylation is 1.